The van der Waals surface area contributed by atoms with Gasteiger partial charge in [-0.05, 0) is 11.6 Å². The van der Waals surface area contributed by atoms with E-state index in [1.807, 2.05) is 30.3 Å². The summed E-state index contributed by atoms with van der Waals surface area (Å²) >= 11 is 0. The van der Waals surface area contributed by atoms with Crippen molar-refractivity contribution in [2.24, 2.45) is 0 Å². The maximum atomic E-state index is 11.6. The zero-order valence-corrected chi connectivity index (χ0v) is 10.3. The smallest absolute Gasteiger partial charge is 0.373 e. The van der Waals surface area contributed by atoms with E-state index in [0.717, 1.165) is 11.6 Å². The summed E-state index contributed by atoms with van der Waals surface area (Å²) in [5.41, 5.74) is 0.899. The Morgan fingerprint density at radius 1 is 1.06 bits per heavy atom. The van der Waals surface area contributed by atoms with Crippen molar-refractivity contribution in [3.05, 3.63) is 53.8 Å². The number of carbonyl (C=O) groups excluding carboxylic acids is 2. The van der Waals surface area contributed by atoms with Crippen LogP contribution in [-0.2, 0) is 19.1 Å². The van der Waals surface area contributed by atoms with E-state index in [1.54, 1.807) is 6.08 Å². The highest BCUT2D eigenvalue weighted by Crippen LogP contribution is 2.03. The Labute approximate surface area is 106 Å². The normalized spacial score (nSPS) is 11.3. The Hall–Kier alpha value is -2.36. The van der Waals surface area contributed by atoms with Crippen LogP contribution in [0.1, 0.15) is 5.56 Å². The third-order valence-electron chi connectivity index (χ3n) is 2.12. The molecule has 18 heavy (non-hydrogen) atoms. The summed E-state index contributed by atoms with van der Waals surface area (Å²) in [6.07, 6.45) is 4.10. The maximum absolute atomic E-state index is 11.6. The SMILES string of the molecule is COC(=O)/C(=C\C(=O)/C=C/c1ccccc1)OC. The van der Waals surface area contributed by atoms with Gasteiger partial charge in [0, 0.05) is 6.08 Å². The predicted octanol–water partition coefficient (Wildman–Crippen LogP) is 1.97. The molecular weight excluding hydrogens is 232 g/mol. The summed E-state index contributed by atoms with van der Waals surface area (Å²) in [6, 6.07) is 9.36. The number of carbonyl (C=O) groups is 2. The molecule has 0 bridgehead atoms. The van der Waals surface area contributed by atoms with E-state index < -0.39 is 5.97 Å². The number of ketones is 1. The molecule has 1 aromatic rings. The van der Waals surface area contributed by atoms with E-state index in [1.165, 1.54) is 20.3 Å². The zero-order valence-electron chi connectivity index (χ0n) is 10.3. The van der Waals surface area contributed by atoms with Gasteiger partial charge in [-0.25, -0.2) is 4.79 Å². The van der Waals surface area contributed by atoms with Crippen molar-refractivity contribution in [2.45, 2.75) is 0 Å². The molecule has 94 valence electrons. The number of hydrogen-bond acceptors (Lipinski definition) is 4. The minimum atomic E-state index is -0.682. The van der Waals surface area contributed by atoms with E-state index in [9.17, 15) is 9.59 Å². The first-order chi connectivity index (χ1) is 8.67. The molecule has 4 heteroatoms. The average molecular weight is 246 g/mol. The molecular formula is C14H14O4. The van der Waals surface area contributed by atoms with Crippen molar-refractivity contribution in [1.29, 1.82) is 0 Å². The topological polar surface area (TPSA) is 52.6 Å². The van der Waals surface area contributed by atoms with Crippen LogP contribution in [0.25, 0.3) is 6.08 Å². The summed E-state index contributed by atoms with van der Waals surface area (Å²) in [5.74, 6) is -1.15. The van der Waals surface area contributed by atoms with Crippen LogP contribution < -0.4 is 0 Å². The van der Waals surface area contributed by atoms with Gasteiger partial charge in [-0.1, -0.05) is 36.4 Å². The first-order valence-electron chi connectivity index (χ1n) is 5.28. The minimum absolute atomic E-state index is 0.125. The monoisotopic (exact) mass is 246 g/mol. The van der Waals surface area contributed by atoms with Crippen molar-refractivity contribution < 1.29 is 19.1 Å². The van der Waals surface area contributed by atoms with Crippen LogP contribution in [0.15, 0.2) is 48.2 Å². The van der Waals surface area contributed by atoms with E-state index >= 15 is 0 Å². The molecule has 0 N–H and O–H groups in total. The molecule has 0 unspecified atom stereocenters. The number of allylic oxidation sites excluding steroid dienone is 2. The lowest BCUT2D eigenvalue weighted by Crippen LogP contribution is -2.08. The molecule has 0 aliphatic heterocycles. The van der Waals surface area contributed by atoms with Crippen LogP contribution in [0.2, 0.25) is 0 Å². The van der Waals surface area contributed by atoms with Crippen LogP contribution in [0.3, 0.4) is 0 Å². The molecule has 0 heterocycles. The minimum Gasteiger partial charge on any atom is -0.490 e. The fraction of sp³-hybridized carbons (Fsp3) is 0.143. The Kier molecular flexibility index (Phi) is 5.38. The number of benzene rings is 1. The standard InChI is InChI=1S/C14H14O4/c1-17-13(14(16)18-2)10-12(15)9-8-11-6-4-3-5-7-11/h3-10H,1-2H3/b9-8+,13-10+. The van der Waals surface area contributed by atoms with Gasteiger partial charge in [0.1, 0.15) is 0 Å². The Morgan fingerprint density at radius 2 is 1.72 bits per heavy atom. The Bertz CT molecular complexity index is 472. The zero-order chi connectivity index (χ0) is 13.4. The van der Waals surface area contributed by atoms with Crippen molar-refractivity contribution in [3.63, 3.8) is 0 Å². The number of ether oxygens (including phenoxy) is 2. The molecule has 0 atom stereocenters. The molecule has 0 aliphatic carbocycles. The van der Waals surface area contributed by atoms with Crippen molar-refractivity contribution in [1.82, 2.24) is 0 Å². The van der Waals surface area contributed by atoms with Gasteiger partial charge in [0.25, 0.3) is 0 Å². The second-order valence-electron chi connectivity index (χ2n) is 3.35. The van der Waals surface area contributed by atoms with Gasteiger partial charge < -0.3 is 9.47 Å². The second-order valence-corrected chi connectivity index (χ2v) is 3.35. The molecule has 0 aromatic heterocycles. The van der Waals surface area contributed by atoms with Gasteiger partial charge in [0.2, 0.25) is 5.76 Å². The van der Waals surface area contributed by atoms with Gasteiger partial charge in [-0.15, -0.1) is 0 Å². The quantitative estimate of drug-likeness (QED) is 0.453. The Balaban J connectivity index is 2.74. The van der Waals surface area contributed by atoms with E-state index in [-0.39, 0.29) is 11.5 Å². The van der Waals surface area contributed by atoms with Gasteiger partial charge in [-0.3, -0.25) is 4.79 Å². The number of rotatable bonds is 5. The van der Waals surface area contributed by atoms with Crippen molar-refractivity contribution in [3.8, 4) is 0 Å². The first kappa shape index (κ1) is 13.7. The van der Waals surface area contributed by atoms with E-state index in [2.05, 4.69) is 4.74 Å². The molecule has 0 amide bonds. The number of hydrogen-bond donors (Lipinski definition) is 0. The third-order valence-corrected chi connectivity index (χ3v) is 2.12. The summed E-state index contributed by atoms with van der Waals surface area (Å²) in [4.78, 5) is 22.7. The van der Waals surface area contributed by atoms with Gasteiger partial charge in [0.15, 0.2) is 5.78 Å². The van der Waals surface area contributed by atoms with Gasteiger partial charge in [0.05, 0.1) is 14.2 Å². The van der Waals surface area contributed by atoms with Crippen molar-refractivity contribution in [2.75, 3.05) is 14.2 Å². The van der Waals surface area contributed by atoms with Crippen LogP contribution in [-0.4, -0.2) is 26.0 Å². The van der Waals surface area contributed by atoms with Crippen LogP contribution in [0.5, 0.6) is 0 Å². The maximum Gasteiger partial charge on any atom is 0.373 e. The Morgan fingerprint density at radius 3 is 2.28 bits per heavy atom. The average Bonchev–Trinajstić information content (AvgIpc) is 2.42. The summed E-state index contributed by atoms with van der Waals surface area (Å²) in [5, 5.41) is 0. The molecule has 4 nitrogen and oxygen atoms in total. The van der Waals surface area contributed by atoms with Crippen LogP contribution in [0.4, 0.5) is 0 Å². The van der Waals surface area contributed by atoms with Gasteiger partial charge in [-0.2, -0.15) is 0 Å². The predicted molar refractivity (Wildman–Crippen MR) is 67.6 cm³/mol. The molecule has 0 fully saturated rings. The number of methoxy groups -OCH3 is 2. The number of esters is 1. The molecule has 0 saturated carbocycles. The highest BCUT2D eigenvalue weighted by Gasteiger charge is 2.10. The lowest BCUT2D eigenvalue weighted by molar-refractivity contribution is -0.139. The highest BCUT2D eigenvalue weighted by molar-refractivity contribution is 6.06. The lowest BCUT2D eigenvalue weighted by atomic mass is 10.2. The van der Waals surface area contributed by atoms with E-state index in [4.69, 9.17) is 4.74 Å². The molecule has 1 aromatic carbocycles. The summed E-state index contributed by atoms with van der Waals surface area (Å²) < 4.78 is 9.22. The largest absolute Gasteiger partial charge is 0.490 e. The fourth-order valence-electron chi connectivity index (χ4n) is 1.22. The summed E-state index contributed by atoms with van der Waals surface area (Å²) in [6.45, 7) is 0. The first-order valence-corrected chi connectivity index (χ1v) is 5.28. The summed E-state index contributed by atoms with van der Waals surface area (Å²) in [7, 11) is 2.52. The van der Waals surface area contributed by atoms with Crippen LogP contribution in [0, 0.1) is 0 Å². The lowest BCUT2D eigenvalue weighted by Gasteiger charge is -2.01. The molecule has 0 radical (unpaired) electrons. The second kappa shape index (κ2) is 7.06. The molecule has 1 rings (SSSR count). The third kappa shape index (κ3) is 4.25. The van der Waals surface area contributed by atoms with Crippen molar-refractivity contribution >= 4 is 17.8 Å². The molecule has 0 spiro atoms. The fourth-order valence-corrected chi connectivity index (χ4v) is 1.22. The van der Waals surface area contributed by atoms with Gasteiger partial charge >= 0.3 is 5.97 Å². The van der Waals surface area contributed by atoms with E-state index in [0.29, 0.717) is 0 Å². The molecule has 0 aliphatic rings. The molecule has 0 saturated heterocycles. The highest BCUT2D eigenvalue weighted by atomic mass is 16.6. The van der Waals surface area contributed by atoms with Crippen LogP contribution >= 0.6 is 0 Å².